The van der Waals surface area contributed by atoms with Crippen LogP contribution in [-0.2, 0) is 6.42 Å². The highest BCUT2D eigenvalue weighted by atomic mass is 79.9. The normalized spacial score (nSPS) is 12.2. The van der Waals surface area contributed by atoms with E-state index in [0.29, 0.717) is 12.0 Å². The van der Waals surface area contributed by atoms with E-state index in [1.54, 1.807) is 12.1 Å². The molecule has 0 saturated carbocycles. The number of benzene rings is 2. The highest BCUT2D eigenvalue weighted by Crippen LogP contribution is 2.36. The van der Waals surface area contributed by atoms with Crippen LogP contribution in [0.5, 0.6) is 0 Å². The second kappa shape index (κ2) is 6.83. The van der Waals surface area contributed by atoms with Crippen molar-refractivity contribution in [3.05, 3.63) is 72.7 Å². The van der Waals surface area contributed by atoms with Gasteiger partial charge in [0, 0.05) is 25.4 Å². The number of nitro benzene ring substituents is 1. The lowest BCUT2D eigenvalue weighted by molar-refractivity contribution is -0.385. The van der Waals surface area contributed by atoms with Gasteiger partial charge < -0.3 is 0 Å². The predicted octanol–water partition coefficient (Wildman–Crippen LogP) is 5.80. The maximum Gasteiger partial charge on any atom is 0.272 e. The molecule has 0 bridgehead atoms. The molecule has 2 rings (SSSR count). The number of para-hydroxylation sites is 1. The third-order valence-electron chi connectivity index (χ3n) is 2.88. The zero-order chi connectivity index (χ0) is 14.7. The van der Waals surface area contributed by atoms with Crippen molar-refractivity contribution in [3.63, 3.8) is 0 Å². The van der Waals surface area contributed by atoms with Crippen LogP contribution >= 0.6 is 47.8 Å². The molecule has 20 heavy (non-hydrogen) atoms. The molecule has 1 atom stereocenters. The second-order valence-corrected chi connectivity index (χ2v) is 7.10. The molecule has 0 aliphatic carbocycles. The van der Waals surface area contributed by atoms with E-state index < -0.39 is 0 Å². The van der Waals surface area contributed by atoms with Crippen molar-refractivity contribution in [2.24, 2.45) is 0 Å². The molecule has 3 nitrogen and oxygen atoms in total. The van der Waals surface area contributed by atoms with Crippen molar-refractivity contribution in [1.29, 1.82) is 0 Å². The van der Waals surface area contributed by atoms with E-state index in [0.717, 1.165) is 14.5 Å². The van der Waals surface area contributed by atoms with Crippen molar-refractivity contribution in [1.82, 2.24) is 0 Å². The molecule has 0 aromatic heterocycles. The van der Waals surface area contributed by atoms with E-state index in [2.05, 4.69) is 47.8 Å². The first-order valence-corrected chi connectivity index (χ1v) is 8.30. The Labute approximate surface area is 141 Å². The Hall–Kier alpha value is -0.720. The average Bonchev–Trinajstić information content (AvgIpc) is 2.41. The van der Waals surface area contributed by atoms with Crippen LogP contribution in [0.4, 0.5) is 5.69 Å². The zero-order valence-electron chi connectivity index (χ0n) is 10.2. The number of rotatable bonds is 4. The molecule has 0 saturated heterocycles. The van der Waals surface area contributed by atoms with Gasteiger partial charge in [-0.3, -0.25) is 10.1 Å². The molecular formula is C14H10Br3NO2. The van der Waals surface area contributed by atoms with Gasteiger partial charge in [0.05, 0.1) is 4.92 Å². The van der Waals surface area contributed by atoms with Crippen LogP contribution in [0.15, 0.2) is 51.4 Å². The molecule has 0 spiro atoms. The number of hydrogen-bond donors (Lipinski definition) is 0. The summed E-state index contributed by atoms with van der Waals surface area (Å²) < 4.78 is 1.95. The fraction of sp³-hybridized carbons (Fsp3) is 0.143. The summed E-state index contributed by atoms with van der Waals surface area (Å²) in [6.45, 7) is 0. The van der Waals surface area contributed by atoms with E-state index in [-0.39, 0.29) is 15.4 Å². The van der Waals surface area contributed by atoms with Crippen molar-refractivity contribution < 1.29 is 4.92 Å². The van der Waals surface area contributed by atoms with Crippen LogP contribution < -0.4 is 0 Å². The summed E-state index contributed by atoms with van der Waals surface area (Å²) in [5.41, 5.74) is 1.92. The summed E-state index contributed by atoms with van der Waals surface area (Å²) in [6, 6.07) is 12.7. The van der Waals surface area contributed by atoms with Gasteiger partial charge in [0.15, 0.2) is 0 Å². The van der Waals surface area contributed by atoms with E-state index in [1.165, 1.54) is 6.07 Å². The van der Waals surface area contributed by atoms with Crippen molar-refractivity contribution in [2.75, 3.05) is 0 Å². The molecule has 2 aromatic rings. The Morgan fingerprint density at radius 2 is 1.85 bits per heavy atom. The van der Waals surface area contributed by atoms with Crippen LogP contribution in [-0.4, -0.2) is 4.92 Å². The van der Waals surface area contributed by atoms with E-state index >= 15 is 0 Å². The van der Waals surface area contributed by atoms with Gasteiger partial charge in [-0.2, -0.15) is 0 Å². The van der Waals surface area contributed by atoms with Crippen LogP contribution in [0, 0.1) is 10.1 Å². The number of nitro groups is 1. The molecule has 2 aromatic carbocycles. The minimum absolute atomic E-state index is 0.00419. The number of halogens is 3. The lowest BCUT2D eigenvalue weighted by atomic mass is 10.0. The summed E-state index contributed by atoms with van der Waals surface area (Å²) in [4.78, 5) is 10.7. The predicted molar refractivity (Wildman–Crippen MR) is 90.3 cm³/mol. The molecule has 0 amide bonds. The molecule has 0 heterocycles. The van der Waals surface area contributed by atoms with Gasteiger partial charge in [0.2, 0.25) is 0 Å². The molecule has 0 aliphatic heterocycles. The topological polar surface area (TPSA) is 43.1 Å². The first-order valence-electron chi connectivity index (χ1n) is 5.80. The maximum atomic E-state index is 11.0. The molecule has 0 aliphatic rings. The summed E-state index contributed by atoms with van der Waals surface area (Å²) >= 11 is 10.6. The monoisotopic (exact) mass is 461 g/mol. The van der Waals surface area contributed by atoms with Crippen LogP contribution in [0.25, 0.3) is 0 Å². The van der Waals surface area contributed by atoms with E-state index in [1.807, 2.05) is 24.3 Å². The largest absolute Gasteiger partial charge is 0.272 e. The summed E-state index contributed by atoms with van der Waals surface area (Å²) in [7, 11) is 0. The number of alkyl halides is 1. The lowest BCUT2D eigenvalue weighted by Crippen LogP contribution is -2.00. The van der Waals surface area contributed by atoms with E-state index in [9.17, 15) is 10.1 Å². The van der Waals surface area contributed by atoms with Crippen LogP contribution in [0.2, 0.25) is 0 Å². The van der Waals surface area contributed by atoms with Gasteiger partial charge in [-0.1, -0.05) is 66.0 Å². The molecular weight excluding hydrogens is 454 g/mol. The standard InChI is InChI=1S/C14H10Br3NO2/c15-10-5-6-12(16)11(8-10)13(17)7-9-3-1-2-4-14(9)18(19)20/h1-6,8,13H,7H2. The molecule has 0 fully saturated rings. The summed E-state index contributed by atoms with van der Waals surface area (Å²) in [5, 5.41) is 11.0. The van der Waals surface area contributed by atoms with Gasteiger partial charge in [-0.15, -0.1) is 0 Å². The van der Waals surface area contributed by atoms with Crippen LogP contribution in [0.3, 0.4) is 0 Å². The Balaban J connectivity index is 2.30. The molecule has 0 N–H and O–H groups in total. The van der Waals surface area contributed by atoms with Gasteiger partial charge in [0.25, 0.3) is 5.69 Å². The smallest absolute Gasteiger partial charge is 0.258 e. The Kier molecular flexibility index (Phi) is 5.35. The molecule has 1 unspecified atom stereocenters. The van der Waals surface area contributed by atoms with Gasteiger partial charge in [-0.05, 0) is 30.2 Å². The fourth-order valence-corrected chi connectivity index (χ4v) is 3.86. The minimum Gasteiger partial charge on any atom is -0.258 e. The molecule has 6 heteroatoms. The lowest BCUT2D eigenvalue weighted by Gasteiger charge is -2.13. The van der Waals surface area contributed by atoms with E-state index in [4.69, 9.17) is 0 Å². The first kappa shape index (κ1) is 15.7. The summed E-state index contributed by atoms with van der Waals surface area (Å²) in [5.74, 6) is 0. The summed E-state index contributed by atoms with van der Waals surface area (Å²) in [6.07, 6.45) is 0.548. The third kappa shape index (κ3) is 3.68. The van der Waals surface area contributed by atoms with Crippen molar-refractivity contribution in [2.45, 2.75) is 11.2 Å². The van der Waals surface area contributed by atoms with Crippen molar-refractivity contribution >= 4 is 53.5 Å². The van der Waals surface area contributed by atoms with Crippen molar-refractivity contribution in [3.8, 4) is 0 Å². The SMILES string of the molecule is O=[N+]([O-])c1ccccc1CC(Br)c1cc(Br)ccc1Br. The minimum atomic E-state index is -0.342. The Morgan fingerprint density at radius 3 is 2.55 bits per heavy atom. The van der Waals surface area contributed by atoms with Crippen LogP contribution in [0.1, 0.15) is 16.0 Å². The van der Waals surface area contributed by atoms with Gasteiger partial charge >= 0.3 is 0 Å². The second-order valence-electron chi connectivity index (χ2n) is 4.22. The first-order chi connectivity index (χ1) is 9.49. The Morgan fingerprint density at radius 1 is 1.15 bits per heavy atom. The van der Waals surface area contributed by atoms with Gasteiger partial charge in [-0.25, -0.2) is 0 Å². The highest BCUT2D eigenvalue weighted by Gasteiger charge is 2.18. The highest BCUT2D eigenvalue weighted by molar-refractivity contribution is 9.11. The Bertz CT molecular complexity index is 646. The zero-order valence-corrected chi connectivity index (χ0v) is 15.0. The maximum absolute atomic E-state index is 11.0. The quantitative estimate of drug-likeness (QED) is 0.327. The third-order valence-corrected chi connectivity index (χ3v) is 4.92. The average molecular weight is 464 g/mol. The fourth-order valence-electron chi connectivity index (χ4n) is 1.92. The molecule has 104 valence electrons. The number of hydrogen-bond acceptors (Lipinski definition) is 2. The molecule has 0 radical (unpaired) electrons. The van der Waals surface area contributed by atoms with Gasteiger partial charge in [0.1, 0.15) is 0 Å². The number of nitrogens with zero attached hydrogens (tertiary/aromatic N) is 1.